The first kappa shape index (κ1) is 15.2. The molecule has 0 aliphatic rings. The van der Waals surface area contributed by atoms with Crippen LogP contribution < -0.4 is 15.4 Å². The molecule has 0 radical (unpaired) electrons. The minimum atomic E-state index is -0.447. The van der Waals surface area contributed by atoms with Crippen LogP contribution in [0.25, 0.3) is 0 Å². The largest absolute Gasteiger partial charge is 0.494 e. The van der Waals surface area contributed by atoms with Crippen LogP contribution in [0, 0.1) is 5.82 Å². The zero-order valence-corrected chi connectivity index (χ0v) is 11.2. The van der Waals surface area contributed by atoms with Gasteiger partial charge in [-0.05, 0) is 31.5 Å². The second-order valence-electron chi connectivity index (χ2n) is 4.32. The van der Waals surface area contributed by atoms with Crippen LogP contribution in [0.2, 0.25) is 0 Å². The average Bonchev–Trinajstić information content (AvgIpc) is 2.38. The molecule has 2 atom stereocenters. The Morgan fingerprint density at radius 1 is 1.42 bits per heavy atom. The Hall–Kier alpha value is -1.82. The predicted octanol–water partition coefficient (Wildman–Crippen LogP) is 1.58. The minimum Gasteiger partial charge on any atom is -0.494 e. The summed E-state index contributed by atoms with van der Waals surface area (Å²) in [5.74, 6) is -0.313. The number of ether oxygens (including phenoxy) is 1. The van der Waals surface area contributed by atoms with Crippen molar-refractivity contribution in [3.8, 4) is 5.75 Å². The Labute approximate surface area is 111 Å². The van der Waals surface area contributed by atoms with E-state index in [4.69, 9.17) is 9.84 Å². The summed E-state index contributed by atoms with van der Waals surface area (Å²) in [6.45, 7) is 3.33. The van der Waals surface area contributed by atoms with Crippen LogP contribution in [0.4, 0.5) is 9.18 Å². The fourth-order valence-electron chi connectivity index (χ4n) is 1.54. The molecule has 1 rings (SSSR count). The molecular weight excluding hydrogens is 251 g/mol. The number of aliphatic hydroxyl groups is 1. The van der Waals surface area contributed by atoms with Crippen molar-refractivity contribution in [3.63, 3.8) is 0 Å². The number of urea groups is 1. The third-order valence-corrected chi connectivity index (χ3v) is 2.67. The monoisotopic (exact) mass is 270 g/mol. The first-order chi connectivity index (χ1) is 8.97. The van der Waals surface area contributed by atoms with Crippen LogP contribution in [0.15, 0.2) is 18.2 Å². The van der Waals surface area contributed by atoms with Gasteiger partial charge in [-0.1, -0.05) is 6.07 Å². The number of rotatable bonds is 5. The van der Waals surface area contributed by atoms with Gasteiger partial charge in [0.1, 0.15) is 0 Å². The Kier molecular flexibility index (Phi) is 5.57. The molecule has 0 aromatic heterocycles. The topological polar surface area (TPSA) is 70.6 Å². The lowest BCUT2D eigenvalue weighted by Gasteiger charge is -2.18. The number of amides is 2. The maximum atomic E-state index is 13.3. The molecule has 6 heteroatoms. The van der Waals surface area contributed by atoms with E-state index in [0.29, 0.717) is 0 Å². The summed E-state index contributed by atoms with van der Waals surface area (Å²) in [6, 6.07) is 3.39. The quantitative estimate of drug-likeness (QED) is 0.760. The van der Waals surface area contributed by atoms with Crippen molar-refractivity contribution in [1.29, 1.82) is 0 Å². The van der Waals surface area contributed by atoms with Crippen molar-refractivity contribution in [2.75, 3.05) is 13.7 Å². The van der Waals surface area contributed by atoms with Gasteiger partial charge in [0.05, 0.1) is 25.8 Å². The maximum absolute atomic E-state index is 13.3. The van der Waals surface area contributed by atoms with Crippen LogP contribution >= 0.6 is 0 Å². The predicted molar refractivity (Wildman–Crippen MR) is 69.6 cm³/mol. The van der Waals surface area contributed by atoms with Crippen LogP contribution in [0.1, 0.15) is 25.5 Å². The number of hydrogen-bond donors (Lipinski definition) is 3. The minimum absolute atomic E-state index is 0.133. The van der Waals surface area contributed by atoms with Gasteiger partial charge in [-0.15, -0.1) is 0 Å². The summed E-state index contributed by atoms with van der Waals surface area (Å²) >= 11 is 0. The lowest BCUT2D eigenvalue weighted by atomic mass is 10.1. The number of aliphatic hydroxyl groups excluding tert-OH is 1. The summed E-state index contributed by atoms with van der Waals surface area (Å²) in [4.78, 5) is 11.6. The van der Waals surface area contributed by atoms with Crippen molar-refractivity contribution in [3.05, 3.63) is 29.6 Å². The Morgan fingerprint density at radius 3 is 2.68 bits per heavy atom. The van der Waals surface area contributed by atoms with Crippen molar-refractivity contribution in [1.82, 2.24) is 10.6 Å². The van der Waals surface area contributed by atoms with E-state index in [2.05, 4.69) is 10.6 Å². The highest BCUT2D eigenvalue weighted by Crippen LogP contribution is 2.22. The summed E-state index contributed by atoms with van der Waals surface area (Å²) in [5.41, 5.74) is 0.727. The number of carbonyl (C=O) groups is 1. The first-order valence-electron chi connectivity index (χ1n) is 5.99. The van der Waals surface area contributed by atoms with E-state index in [-0.39, 0.29) is 24.4 Å². The lowest BCUT2D eigenvalue weighted by Crippen LogP contribution is -2.43. The number of hydrogen-bond acceptors (Lipinski definition) is 3. The third kappa shape index (κ3) is 4.40. The molecule has 1 aromatic rings. The van der Waals surface area contributed by atoms with E-state index in [1.807, 2.05) is 0 Å². The Bertz CT molecular complexity index is 440. The summed E-state index contributed by atoms with van der Waals surface area (Å²) in [5, 5.41) is 14.1. The molecule has 19 heavy (non-hydrogen) atoms. The van der Waals surface area contributed by atoms with Gasteiger partial charge in [0.15, 0.2) is 11.6 Å². The van der Waals surface area contributed by atoms with Gasteiger partial charge < -0.3 is 20.5 Å². The number of benzene rings is 1. The molecule has 0 aliphatic heterocycles. The molecule has 0 spiro atoms. The van der Waals surface area contributed by atoms with Gasteiger partial charge >= 0.3 is 6.03 Å². The van der Waals surface area contributed by atoms with Crippen molar-refractivity contribution in [2.24, 2.45) is 0 Å². The Balaban J connectivity index is 2.67. The highest BCUT2D eigenvalue weighted by Gasteiger charge is 2.13. The molecule has 0 saturated heterocycles. The number of nitrogens with one attached hydrogen (secondary N) is 2. The van der Waals surface area contributed by atoms with E-state index < -0.39 is 11.8 Å². The molecule has 2 unspecified atom stereocenters. The maximum Gasteiger partial charge on any atom is 0.315 e. The van der Waals surface area contributed by atoms with Crippen LogP contribution in [-0.2, 0) is 0 Å². The Morgan fingerprint density at radius 2 is 2.11 bits per heavy atom. The zero-order chi connectivity index (χ0) is 14.4. The van der Waals surface area contributed by atoms with Crippen molar-refractivity contribution < 1.29 is 19.0 Å². The molecule has 5 nitrogen and oxygen atoms in total. The average molecular weight is 270 g/mol. The van der Waals surface area contributed by atoms with Crippen molar-refractivity contribution >= 4 is 6.03 Å². The summed E-state index contributed by atoms with van der Waals surface area (Å²) in [6.07, 6.45) is 0. The molecule has 2 amide bonds. The van der Waals surface area contributed by atoms with E-state index >= 15 is 0 Å². The highest BCUT2D eigenvalue weighted by molar-refractivity contribution is 5.74. The standard InChI is InChI=1S/C13H19FN2O3/c1-8(7-17)15-13(18)16-9(2)10-4-5-11(14)12(6-10)19-3/h4-6,8-9,17H,7H2,1-3H3,(H2,15,16,18). The van der Waals surface area contributed by atoms with E-state index in [1.165, 1.54) is 19.2 Å². The van der Waals surface area contributed by atoms with Crippen LogP contribution in [-0.4, -0.2) is 30.9 Å². The second-order valence-corrected chi connectivity index (χ2v) is 4.32. The number of carbonyl (C=O) groups excluding carboxylic acids is 1. The summed E-state index contributed by atoms with van der Waals surface area (Å²) < 4.78 is 18.1. The molecule has 1 aromatic carbocycles. The number of halogens is 1. The third-order valence-electron chi connectivity index (χ3n) is 2.67. The summed E-state index contributed by atoms with van der Waals surface area (Å²) in [7, 11) is 1.38. The van der Waals surface area contributed by atoms with E-state index in [0.717, 1.165) is 5.56 Å². The van der Waals surface area contributed by atoms with Crippen LogP contribution in [0.3, 0.4) is 0 Å². The molecule has 3 N–H and O–H groups in total. The fraction of sp³-hybridized carbons (Fsp3) is 0.462. The van der Waals surface area contributed by atoms with Gasteiger partial charge in [-0.2, -0.15) is 0 Å². The molecule has 0 saturated carbocycles. The normalized spacial score (nSPS) is 13.5. The van der Waals surface area contributed by atoms with Gasteiger partial charge in [0, 0.05) is 0 Å². The first-order valence-corrected chi connectivity index (χ1v) is 5.99. The van der Waals surface area contributed by atoms with Gasteiger partial charge in [0.2, 0.25) is 0 Å². The van der Waals surface area contributed by atoms with Gasteiger partial charge in [-0.3, -0.25) is 0 Å². The SMILES string of the molecule is COc1cc(C(C)NC(=O)NC(C)CO)ccc1F. The van der Waals surface area contributed by atoms with Crippen molar-refractivity contribution in [2.45, 2.75) is 25.9 Å². The molecule has 0 aliphatic carbocycles. The van der Waals surface area contributed by atoms with Crippen LogP contribution in [0.5, 0.6) is 5.75 Å². The van der Waals surface area contributed by atoms with E-state index in [9.17, 15) is 9.18 Å². The second kappa shape index (κ2) is 6.94. The lowest BCUT2D eigenvalue weighted by molar-refractivity contribution is 0.218. The molecule has 106 valence electrons. The fourth-order valence-corrected chi connectivity index (χ4v) is 1.54. The molecule has 0 fully saturated rings. The number of methoxy groups -OCH3 is 1. The van der Waals surface area contributed by atoms with Gasteiger partial charge in [-0.25, -0.2) is 9.18 Å². The molecular formula is C13H19FN2O3. The molecule has 0 bridgehead atoms. The van der Waals surface area contributed by atoms with E-state index in [1.54, 1.807) is 19.9 Å². The molecule has 0 heterocycles. The smallest absolute Gasteiger partial charge is 0.315 e. The van der Waals surface area contributed by atoms with Gasteiger partial charge in [0.25, 0.3) is 0 Å². The highest BCUT2D eigenvalue weighted by atomic mass is 19.1. The zero-order valence-electron chi connectivity index (χ0n) is 11.2.